The fraction of sp³-hybridized carbons (Fsp3) is 0.167. The van der Waals surface area contributed by atoms with Crippen LogP contribution in [0.3, 0.4) is 0 Å². The lowest BCUT2D eigenvalue weighted by molar-refractivity contribution is -0.117. The Labute approximate surface area is 193 Å². The van der Waals surface area contributed by atoms with E-state index in [1.54, 1.807) is 66.9 Å². The molecule has 3 amide bonds. The molecule has 1 aliphatic carbocycles. The van der Waals surface area contributed by atoms with Gasteiger partial charge in [0.1, 0.15) is 5.82 Å². The number of aromatic nitrogens is 1. The first-order valence-corrected chi connectivity index (χ1v) is 10.9. The van der Waals surface area contributed by atoms with Gasteiger partial charge in [-0.25, -0.2) is 4.98 Å². The van der Waals surface area contributed by atoms with Crippen LogP contribution in [0.15, 0.2) is 71.3 Å². The Morgan fingerprint density at radius 3 is 2.03 bits per heavy atom. The molecule has 2 unspecified atom stereocenters. The fourth-order valence-corrected chi connectivity index (χ4v) is 3.47. The van der Waals surface area contributed by atoms with E-state index in [0.717, 1.165) is 10.9 Å². The second kappa shape index (κ2) is 9.32. The smallest absolute Gasteiger partial charge is 0.256 e. The van der Waals surface area contributed by atoms with Crippen LogP contribution < -0.4 is 16.0 Å². The van der Waals surface area contributed by atoms with Crippen LogP contribution in [-0.2, 0) is 4.79 Å². The van der Waals surface area contributed by atoms with Crippen LogP contribution in [-0.4, -0.2) is 22.7 Å². The van der Waals surface area contributed by atoms with Crippen LogP contribution in [0.2, 0.25) is 0 Å². The molecule has 0 saturated heterocycles. The highest BCUT2D eigenvalue weighted by molar-refractivity contribution is 9.10. The molecule has 2 atom stereocenters. The maximum Gasteiger partial charge on any atom is 0.256 e. The average Bonchev–Trinajstić information content (AvgIpc) is 3.52. The van der Waals surface area contributed by atoms with E-state index in [2.05, 4.69) is 36.9 Å². The minimum absolute atomic E-state index is 0.0194. The van der Waals surface area contributed by atoms with Crippen LogP contribution in [0.1, 0.15) is 34.1 Å². The Morgan fingerprint density at radius 1 is 0.875 bits per heavy atom. The van der Waals surface area contributed by atoms with Crippen LogP contribution in [0.25, 0.3) is 0 Å². The van der Waals surface area contributed by atoms with Gasteiger partial charge in [-0.3, -0.25) is 14.4 Å². The van der Waals surface area contributed by atoms with Crippen LogP contribution >= 0.6 is 15.9 Å². The van der Waals surface area contributed by atoms with Crippen molar-refractivity contribution in [3.05, 3.63) is 82.5 Å². The highest BCUT2D eigenvalue weighted by Crippen LogP contribution is 2.38. The molecule has 1 aromatic heterocycles. The molecule has 3 aromatic rings. The van der Waals surface area contributed by atoms with Gasteiger partial charge in [-0.2, -0.15) is 0 Å². The molecule has 0 aliphatic heterocycles. The van der Waals surface area contributed by atoms with E-state index in [1.807, 2.05) is 6.92 Å². The van der Waals surface area contributed by atoms with Crippen molar-refractivity contribution in [2.24, 2.45) is 11.8 Å². The maximum atomic E-state index is 12.7. The van der Waals surface area contributed by atoms with Gasteiger partial charge in [0.25, 0.3) is 11.8 Å². The van der Waals surface area contributed by atoms with E-state index in [1.165, 1.54) is 0 Å². The Balaban J connectivity index is 1.41. The number of nitrogens with one attached hydrogen (secondary N) is 3. The number of amides is 3. The summed E-state index contributed by atoms with van der Waals surface area (Å²) in [6, 6.07) is 16.9. The van der Waals surface area contributed by atoms with Crippen molar-refractivity contribution in [3.8, 4) is 0 Å². The number of carbonyl (C=O) groups excluding carboxylic acids is 3. The largest absolute Gasteiger partial charge is 0.326 e. The monoisotopic (exact) mass is 492 g/mol. The third-order valence-corrected chi connectivity index (χ3v) is 5.66. The molecule has 2 aromatic carbocycles. The topological polar surface area (TPSA) is 100 Å². The minimum atomic E-state index is -0.340. The molecule has 32 heavy (non-hydrogen) atoms. The molecule has 1 aliphatic rings. The minimum Gasteiger partial charge on any atom is -0.326 e. The molecule has 162 valence electrons. The van der Waals surface area contributed by atoms with Crippen molar-refractivity contribution < 1.29 is 14.4 Å². The van der Waals surface area contributed by atoms with Crippen molar-refractivity contribution in [1.82, 2.24) is 4.98 Å². The molecule has 1 fully saturated rings. The van der Waals surface area contributed by atoms with E-state index >= 15 is 0 Å². The Bertz CT molecular complexity index is 1180. The van der Waals surface area contributed by atoms with E-state index in [0.29, 0.717) is 34.2 Å². The Kier molecular flexibility index (Phi) is 6.32. The van der Waals surface area contributed by atoms with Crippen molar-refractivity contribution in [3.63, 3.8) is 0 Å². The van der Waals surface area contributed by atoms with Crippen LogP contribution in [0.5, 0.6) is 0 Å². The first-order chi connectivity index (χ1) is 15.4. The van der Waals surface area contributed by atoms with Crippen molar-refractivity contribution in [1.29, 1.82) is 0 Å². The van der Waals surface area contributed by atoms with Crippen LogP contribution in [0.4, 0.5) is 17.2 Å². The summed E-state index contributed by atoms with van der Waals surface area (Å²) in [5.74, 6) is 0.184. The molecule has 3 N–H and O–H groups in total. The Morgan fingerprint density at radius 2 is 1.47 bits per heavy atom. The number of carbonyl (C=O) groups is 3. The number of hydrogen-bond acceptors (Lipinski definition) is 4. The molecular formula is C24H21BrN4O3. The van der Waals surface area contributed by atoms with Gasteiger partial charge in [0, 0.05) is 39.1 Å². The summed E-state index contributed by atoms with van der Waals surface area (Å²) >= 11 is 3.30. The third-order valence-electron chi connectivity index (χ3n) is 5.19. The first-order valence-electron chi connectivity index (χ1n) is 10.1. The number of pyridine rings is 1. The van der Waals surface area contributed by atoms with Gasteiger partial charge in [-0.05, 0) is 76.8 Å². The van der Waals surface area contributed by atoms with Crippen molar-refractivity contribution >= 4 is 50.8 Å². The molecule has 0 spiro atoms. The van der Waals surface area contributed by atoms with Gasteiger partial charge < -0.3 is 16.0 Å². The van der Waals surface area contributed by atoms with Crippen LogP contribution in [0, 0.1) is 11.8 Å². The van der Waals surface area contributed by atoms with E-state index in [-0.39, 0.29) is 23.6 Å². The van der Waals surface area contributed by atoms with Gasteiger partial charge in [-0.15, -0.1) is 0 Å². The summed E-state index contributed by atoms with van der Waals surface area (Å²) in [5, 5.41) is 8.37. The summed E-state index contributed by atoms with van der Waals surface area (Å²) < 4.78 is 0.811. The SMILES string of the molecule is CC1CC1C(=O)Nc1cccc(C(=O)Nc2cccc(C(=O)Nc3ccc(Br)cn3)c2)c1. The quantitative estimate of drug-likeness (QED) is 0.453. The highest BCUT2D eigenvalue weighted by Gasteiger charge is 2.39. The number of hydrogen-bond donors (Lipinski definition) is 3. The standard InChI is InChI=1S/C24H21BrN4O3/c1-14-10-20(14)24(32)28-19-7-2-4-15(11-19)22(30)27-18-6-3-5-16(12-18)23(31)29-21-9-8-17(25)13-26-21/h2-9,11-14,20H,10H2,1H3,(H,27,30)(H,28,32)(H,26,29,31). The summed E-state index contributed by atoms with van der Waals surface area (Å²) in [7, 11) is 0. The summed E-state index contributed by atoms with van der Waals surface area (Å²) in [5.41, 5.74) is 1.84. The summed E-state index contributed by atoms with van der Waals surface area (Å²) in [6.07, 6.45) is 2.49. The number of benzene rings is 2. The zero-order chi connectivity index (χ0) is 22.7. The normalized spacial score (nSPS) is 16.7. The van der Waals surface area contributed by atoms with Crippen molar-refractivity contribution in [2.45, 2.75) is 13.3 Å². The molecule has 8 heteroatoms. The maximum absolute atomic E-state index is 12.7. The molecule has 7 nitrogen and oxygen atoms in total. The van der Waals surface area contributed by atoms with Gasteiger partial charge in [0.05, 0.1) is 0 Å². The zero-order valence-corrected chi connectivity index (χ0v) is 18.8. The van der Waals surface area contributed by atoms with Gasteiger partial charge in [0.15, 0.2) is 0 Å². The summed E-state index contributed by atoms with van der Waals surface area (Å²) in [6.45, 7) is 2.04. The molecular weight excluding hydrogens is 472 g/mol. The first kappa shape index (κ1) is 21.7. The number of anilines is 3. The van der Waals surface area contributed by atoms with E-state index in [4.69, 9.17) is 0 Å². The highest BCUT2D eigenvalue weighted by atomic mass is 79.9. The lowest BCUT2D eigenvalue weighted by atomic mass is 10.1. The second-order valence-corrected chi connectivity index (χ2v) is 8.66. The predicted octanol–water partition coefficient (Wildman–Crippen LogP) is 4.94. The molecule has 1 heterocycles. The second-order valence-electron chi connectivity index (χ2n) is 7.74. The van der Waals surface area contributed by atoms with Gasteiger partial charge in [0.2, 0.25) is 5.91 Å². The van der Waals surface area contributed by atoms with Gasteiger partial charge in [-0.1, -0.05) is 19.1 Å². The van der Waals surface area contributed by atoms with Gasteiger partial charge >= 0.3 is 0 Å². The number of halogens is 1. The predicted molar refractivity (Wildman–Crippen MR) is 127 cm³/mol. The van der Waals surface area contributed by atoms with E-state index < -0.39 is 0 Å². The molecule has 4 rings (SSSR count). The van der Waals surface area contributed by atoms with E-state index in [9.17, 15) is 14.4 Å². The Hall–Kier alpha value is -3.52. The third kappa shape index (κ3) is 5.39. The molecule has 0 radical (unpaired) electrons. The number of rotatable bonds is 6. The fourth-order valence-electron chi connectivity index (χ4n) is 3.24. The summed E-state index contributed by atoms with van der Waals surface area (Å²) in [4.78, 5) is 41.5. The number of nitrogens with zero attached hydrogens (tertiary/aromatic N) is 1. The molecule has 0 bridgehead atoms. The average molecular weight is 493 g/mol. The van der Waals surface area contributed by atoms with Crippen molar-refractivity contribution in [2.75, 3.05) is 16.0 Å². The molecule has 1 saturated carbocycles. The lowest BCUT2D eigenvalue weighted by Crippen LogP contribution is -2.16. The lowest BCUT2D eigenvalue weighted by Gasteiger charge is -2.10. The zero-order valence-electron chi connectivity index (χ0n) is 17.3.